The Bertz CT molecular complexity index is 729. The maximum Gasteiger partial charge on any atom is 0.276 e. The molecule has 0 radical (unpaired) electrons. The third-order valence-electron chi connectivity index (χ3n) is 2.91. The van der Waals surface area contributed by atoms with Crippen LogP contribution in [-0.4, -0.2) is 17.1 Å². The fourth-order valence-corrected chi connectivity index (χ4v) is 2.44. The molecule has 0 aromatic heterocycles. The first-order valence-electron chi connectivity index (χ1n) is 6.47. The summed E-state index contributed by atoms with van der Waals surface area (Å²) in [6.45, 7) is 0. The Hall–Kier alpha value is -2.60. The number of nitrogens with zero attached hydrogens (tertiary/aromatic N) is 1. The van der Waals surface area contributed by atoms with Gasteiger partial charge in [0.2, 0.25) is 5.91 Å². The Balaban J connectivity index is 2.14. The zero-order chi connectivity index (χ0) is 15.9. The number of hydrogen-bond donors (Lipinski definition) is 1. The summed E-state index contributed by atoms with van der Waals surface area (Å²) in [7, 11) is 0. The van der Waals surface area contributed by atoms with Gasteiger partial charge in [0.25, 0.3) is 5.69 Å². The Morgan fingerprint density at radius 2 is 1.86 bits per heavy atom. The number of carbonyl (C=O) groups is 1. The lowest BCUT2D eigenvalue weighted by Gasteiger charge is -2.06. The van der Waals surface area contributed by atoms with Crippen molar-refractivity contribution in [2.75, 3.05) is 11.6 Å². The number of nitro groups is 1. The largest absolute Gasteiger partial charge is 0.321 e. The van der Waals surface area contributed by atoms with Crippen LogP contribution in [0, 0.1) is 10.1 Å². The lowest BCUT2D eigenvalue weighted by Crippen LogP contribution is -2.08. The van der Waals surface area contributed by atoms with Gasteiger partial charge in [0.15, 0.2) is 0 Å². The molecule has 22 heavy (non-hydrogen) atoms. The molecule has 1 amide bonds. The number of carbonyl (C=O) groups excluding carboxylic acids is 1. The van der Waals surface area contributed by atoms with Gasteiger partial charge in [0.1, 0.15) is 0 Å². The molecule has 6 heteroatoms. The van der Waals surface area contributed by atoms with Crippen molar-refractivity contribution in [3.8, 4) is 0 Å². The van der Waals surface area contributed by atoms with Crippen molar-refractivity contribution < 1.29 is 9.72 Å². The molecule has 112 valence electrons. The summed E-state index contributed by atoms with van der Waals surface area (Å²) >= 11 is 1.53. The lowest BCUT2D eigenvalue weighted by molar-refractivity contribution is -0.385. The predicted molar refractivity (Wildman–Crippen MR) is 89.0 cm³/mol. The number of nitro benzene ring substituents is 1. The number of anilines is 1. The number of amides is 1. The van der Waals surface area contributed by atoms with Gasteiger partial charge in [-0.05, 0) is 30.5 Å². The van der Waals surface area contributed by atoms with Crippen molar-refractivity contribution >= 4 is 35.1 Å². The van der Waals surface area contributed by atoms with Crippen LogP contribution >= 0.6 is 11.8 Å². The Morgan fingerprint density at radius 3 is 2.59 bits per heavy atom. The highest BCUT2D eigenvalue weighted by Crippen LogP contribution is 2.24. The van der Waals surface area contributed by atoms with Crippen LogP contribution in [0.15, 0.2) is 59.5 Å². The molecule has 0 fully saturated rings. The minimum atomic E-state index is -0.472. The third kappa shape index (κ3) is 3.95. The first-order chi connectivity index (χ1) is 10.6. The van der Waals surface area contributed by atoms with E-state index >= 15 is 0 Å². The van der Waals surface area contributed by atoms with E-state index in [0.717, 1.165) is 4.90 Å². The first-order valence-corrected chi connectivity index (χ1v) is 7.70. The molecule has 5 nitrogen and oxygen atoms in total. The molecular formula is C16H14N2O3S. The molecule has 2 aromatic carbocycles. The highest BCUT2D eigenvalue weighted by Gasteiger charge is 2.10. The standard InChI is InChI=1S/C16H14N2O3S/c1-22-15-9-5-3-7-13(15)17-16(19)11-10-12-6-2-4-8-14(12)18(20)21/h2-11H,1H3,(H,17,19)/b11-10+. The normalized spacial score (nSPS) is 10.6. The van der Waals surface area contributed by atoms with E-state index in [2.05, 4.69) is 5.32 Å². The Labute approximate surface area is 132 Å². The van der Waals surface area contributed by atoms with E-state index in [4.69, 9.17) is 0 Å². The molecule has 0 saturated heterocycles. The van der Waals surface area contributed by atoms with E-state index in [1.807, 2.05) is 30.5 Å². The second-order valence-corrected chi connectivity index (χ2v) is 5.19. The molecule has 0 atom stereocenters. The predicted octanol–water partition coefficient (Wildman–Crippen LogP) is 3.97. The van der Waals surface area contributed by atoms with E-state index in [9.17, 15) is 14.9 Å². The zero-order valence-corrected chi connectivity index (χ0v) is 12.7. The van der Waals surface area contributed by atoms with Gasteiger partial charge in [-0.25, -0.2) is 0 Å². The van der Waals surface area contributed by atoms with E-state index in [-0.39, 0.29) is 11.6 Å². The molecule has 0 unspecified atom stereocenters. The number of para-hydroxylation sites is 2. The number of thioether (sulfide) groups is 1. The SMILES string of the molecule is CSc1ccccc1NC(=O)/C=C/c1ccccc1[N+](=O)[O-]. The van der Waals surface area contributed by atoms with Crippen molar-refractivity contribution in [3.05, 3.63) is 70.3 Å². The van der Waals surface area contributed by atoms with Crippen LogP contribution in [0.2, 0.25) is 0 Å². The molecule has 2 rings (SSSR count). The Kier molecular flexibility index (Phi) is 5.32. The van der Waals surface area contributed by atoms with Crippen LogP contribution in [0.1, 0.15) is 5.56 Å². The molecule has 0 bridgehead atoms. The van der Waals surface area contributed by atoms with Crippen LogP contribution in [0.5, 0.6) is 0 Å². The average Bonchev–Trinajstić information content (AvgIpc) is 2.53. The molecule has 0 aliphatic carbocycles. The van der Waals surface area contributed by atoms with Crippen molar-refractivity contribution in [1.82, 2.24) is 0 Å². The summed E-state index contributed by atoms with van der Waals surface area (Å²) in [5, 5.41) is 13.7. The van der Waals surface area contributed by atoms with Gasteiger partial charge in [0, 0.05) is 17.0 Å². The van der Waals surface area contributed by atoms with Gasteiger partial charge in [-0.15, -0.1) is 11.8 Å². The van der Waals surface area contributed by atoms with Crippen molar-refractivity contribution in [3.63, 3.8) is 0 Å². The second kappa shape index (κ2) is 7.42. The number of hydrogen-bond acceptors (Lipinski definition) is 4. The summed E-state index contributed by atoms with van der Waals surface area (Å²) in [6.07, 6.45) is 4.66. The van der Waals surface area contributed by atoms with Gasteiger partial charge >= 0.3 is 0 Å². The van der Waals surface area contributed by atoms with Crippen molar-refractivity contribution in [1.29, 1.82) is 0 Å². The summed E-state index contributed by atoms with van der Waals surface area (Å²) in [5.41, 5.74) is 1.07. The zero-order valence-electron chi connectivity index (χ0n) is 11.9. The first kappa shape index (κ1) is 15.8. The Morgan fingerprint density at radius 1 is 1.18 bits per heavy atom. The lowest BCUT2D eigenvalue weighted by atomic mass is 10.1. The monoisotopic (exact) mass is 314 g/mol. The van der Waals surface area contributed by atoms with E-state index in [1.54, 1.807) is 18.2 Å². The highest BCUT2D eigenvalue weighted by atomic mass is 32.2. The molecule has 0 aliphatic heterocycles. The summed E-state index contributed by atoms with van der Waals surface area (Å²) < 4.78 is 0. The summed E-state index contributed by atoms with van der Waals surface area (Å²) in [5.74, 6) is -0.334. The topological polar surface area (TPSA) is 72.2 Å². The quantitative estimate of drug-likeness (QED) is 0.392. The van der Waals surface area contributed by atoms with Gasteiger partial charge in [-0.1, -0.05) is 24.3 Å². The minimum absolute atomic E-state index is 0.0314. The van der Waals surface area contributed by atoms with E-state index < -0.39 is 4.92 Å². The molecule has 0 spiro atoms. The van der Waals surface area contributed by atoms with Crippen LogP contribution in [0.25, 0.3) is 6.08 Å². The molecule has 2 aromatic rings. The van der Waals surface area contributed by atoms with E-state index in [1.165, 1.54) is 30.0 Å². The van der Waals surface area contributed by atoms with Crippen LogP contribution in [0.3, 0.4) is 0 Å². The van der Waals surface area contributed by atoms with E-state index in [0.29, 0.717) is 11.3 Å². The fraction of sp³-hybridized carbons (Fsp3) is 0.0625. The minimum Gasteiger partial charge on any atom is -0.321 e. The van der Waals surface area contributed by atoms with Gasteiger partial charge in [-0.3, -0.25) is 14.9 Å². The van der Waals surface area contributed by atoms with Gasteiger partial charge in [-0.2, -0.15) is 0 Å². The highest BCUT2D eigenvalue weighted by molar-refractivity contribution is 7.98. The maximum absolute atomic E-state index is 12.0. The molecule has 0 aliphatic rings. The molecule has 0 saturated carbocycles. The van der Waals surface area contributed by atoms with Gasteiger partial charge < -0.3 is 5.32 Å². The van der Waals surface area contributed by atoms with Crippen LogP contribution < -0.4 is 5.32 Å². The number of benzene rings is 2. The van der Waals surface area contributed by atoms with Crippen molar-refractivity contribution in [2.24, 2.45) is 0 Å². The van der Waals surface area contributed by atoms with Crippen molar-refractivity contribution in [2.45, 2.75) is 4.90 Å². The number of rotatable bonds is 5. The smallest absolute Gasteiger partial charge is 0.276 e. The molecular weight excluding hydrogens is 300 g/mol. The second-order valence-electron chi connectivity index (χ2n) is 4.34. The summed E-state index contributed by atoms with van der Waals surface area (Å²) in [6, 6.07) is 13.7. The van der Waals surface area contributed by atoms with Crippen LogP contribution in [-0.2, 0) is 4.79 Å². The average molecular weight is 314 g/mol. The molecule has 0 heterocycles. The fourth-order valence-electron chi connectivity index (χ4n) is 1.88. The summed E-state index contributed by atoms with van der Waals surface area (Å²) in [4.78, 5) is 23.3. The van der Waals surface area contributed by atoms with Gasteiger partial charge in [0.05, 0.1) is 16.2 Å². The third-order valence-corrected chi connectivity index (χ3v) is 3.71. The molecule has 1 N–H and O–H groups in total. The van der Waals surface area contributed by atoms with Crippen LogP contribution in [0.4, 0.5) is 11.4 Å². The maximum atomic E-state index is 12.0. The number of nitrogens with one attached hydrogen (secondary N) is 1.